The molecule has 0 saturated carbocycles. The summed E-state index contributed by atoms with van der Waals surface area (Å²) in [6.45, 7) is 7.85. The fourth-order valence-electron chi connectivity index (χ4n) is 2.62. The van der Waals surface area contributed by atoms with Gasteiger partial charge in [0, 0.05) is 38.3 Å². The van der Waals surface area contributed by atoms with E-state index in [2.05, 4.69) is 15.2 Å². The first kappa shape index (κ1) is 14.4. The monoisotopic (exact) mass is 289 g/mol. The van der Waals surface area contributed by atoms with Crippen molar-refractivity contribution in [2.45, 2.75) is 6.42 Å². The van der Waals surface area contributed by atoms with Crippen molar-refractivity contribution in [2.24, 2.45) is 4.99 Å². The van der Waals surface area contributed by atoms with E-state index in [0.29, 0.717) is 6.61 Å². The summed E-state index contributed by atoms with van der Waals surface area (Å²) in [7, 11) is 0. The lowest BCUT2D eigenvalue weighted by atomic mass is 10.2. The van der Waals surface area contributed by atoms with Crippen LogP contribution in [0.3, 0.4) is 0 Å². The van der Waals surface area contributed by atoms with Gasteiger partial charge in [0.1, 0.15) is 12.4 Å². The number of benzene rings is 1. The van der Waals surface area contributed by atoms with Crippen molar-refractivity contribution in [3.8, 4) is 5.75 Å². The first-order valence-corrected chi connectivity index (χ1v) is 7.75. The van der Waals surface area contributed by atoms with Crippen molar-refractivity contribution in [1.29, 1.82) is 0 Å². The summed E-state index contributed by atoms with van der Waals surface area (Å²) >= 11 is 0. The minimum Gasteiger partial charge on any atom is -0.494 e. The maximum Gasteiger partial charge on any atom is 0.216 e. The highest BCUT2D eigenvalue weighted by molar-refractivity contribution is 5.94. The molecule has 0 amide bonds. The van der Waals surface area contributed by atoms with Gasteiger partial charge in [-0.2, -0.15) is 0 Å². The van der Waals surface area contributed by atoms with Crippen LogP contribution in [0, 0.1) is 0 Å². The largest absolute Gasteiger partial charge is 0.494 e. The molecule has 3 rings (SSSR count). The van der Waals surface area contributed by atoms with Crippen molar-refractivity contribution in [3.63, 3.8) is 0 Å². The minimum absolute atomic E-state index is 0.694. The number of hydrogen-bond acceptors (Lipinski definition) is 5. The zero-order chi connectivity index (χ0) is 14.3. The van der Waals surface area contributed by atoms with E-state index >= 15 is 0 Å². The van der Waals surface area contributed by atoms with Crippen molar-refractivity contribution in [3.05, 3.63) is 29.8 Å². The van der Waals surface area contributed by atoms with Gasteiger partial charge in [0.05, 0.1) is 13.2 Å². The quantitative estimate of drug-likeness (QED) is 0.798. The lowest BCUT2D eigenvalue weighted by Gasteiger charge is -2.26. The lowest BCUT2D eigenvalue weighted by molar-refractivity contribution is 0.214. The van der Waals surface area contributed by atoms with Crippen LogP contribution in [0.1, 0.15) is 12.0 Å². The maximum absolute atomic E-state index is 5.79. The summed E-state index contributed by atoms with van der Waals surface area (Å²) < 4.78 is 11.2. The number of rotatable bonds is 6. The molecule has 0 bridgehead atoms. The van der Waals surface area contributed by atoms with Crippen molar-refractivity contribution >= 4 is 5.90 Å². The molecule has 0 aliphatic carbocycles. The molecular formula is C16H23N3O2. The molecule has 0 spiro atoms. The van der Waals surface area contributed by atoms with Crippen LogP contribution in [0.4, 0.5) is 0 Å². The van der Waals surface area contributed by atoms with Gasteiger partial charge >= 0.3 is 0 Å². The molecule has 2 aliphatic rings. The van der Waals surface area contributed by atoms with Crippen LogP contribution in [0.2, 0.25) is 0 Å². The zero-order valence-electron chi connectivity index (χ0n) is 12.4. The SMILES string of the molecule is c1cc(C2=NCCO2)ccc1OCCCN1CCNCC1. The zero-order valence-corrected chi connectivity index (χ0v) is 12.4. The number of nitrogens with one attached hydrogen (secondary N) is 1. The molecule has 1 aromatic rings. The van der Waals surface area contributed by atoms with E-state index in [1.165, 1.54) is 0 Å². The van der Waals surface area contributed by atoms with Crippen LogP contribution in [-0.2, 0) is 4.74 Å². The highest BCUT2D eigenvalue weighted by atomic mass is 16.5. The second kappa shape index (κ2) is 7.43. The van der Waals surface area contributed by atoms with Gasteiger partial charge in [-0.15, -0.1) is 0 Å². The minimum atomic E-state index is 0.694. The summed E-state index contributed by atoms with van der Waals surface area (Å²) in [6, 6.07) is 8.00. The van der Waals surface area contributed by atoms with Crippen molar-refractivity contribution in [2.75, 3.05) is 52.5 Å². The smallest absolute Gasteiger partial charge is 0.216 e. The van der Waals surface area contributed by atoms with Crippen molar-refractivity contribution < 1.29 is 9.47 Å². The van der Waals surface area contributed by atoms with Gasteiger partial charge in [-0.25, -0.2) is 4.99 Å². The summed E-state index contributed by atoms with van der Waals surface area (Å²) in [5.74, 6) is 1.66. The first-order valence-electron chi connectivity index (χ1n) is 7.75. The molecule has 2 heterocycles. The summed E-state index contributed by atoms with van der Waals surface area (Å²) in [4.78, 5) is 6.79. The fraction of sp³-hybridized carbons (Fsp3) is 0.562. The third-order valence-electron chi connectivity index (χ3n) is 3.78. The number of ether oxygens (including phenoxy) is 2. The van der Waals surface area contributed by atoms with Crippen LogP contribution < -0.4 is 10.1 Å². The molecule has 21 heavy (non-hydrogen) atoms. The van der Waals surface area contributed by atoms with Gasteiger partial charge in [0.15, 0.2) is 0 Å². The Bertz CT molecular complexity index is 467. The molecule has 114 valence electrons. The van der Waals surface area contributed by atoms with Gasteiger partial charge in [-0.05, 0) is 30.7 Å². The van der Waals surface area contributed by atoms with E-state index in [-0.39, 0.29) is 0 Å². The van der Waals surface area contributed by atoms with Gasteiger partial charge in [0.25, 0.3) is 0 Å². The van der Waals surface area contributed by atoms with E-state index in [0.717, 1.165) is 69.5 Å². The number of hydrogen-bond donors (Lipinski definition) is 1. The van der Waals surface area contributed by atoms with Crippen LogP contribution in [0.5, 0.6) is 5.75 Å². The third-order valence-corrected chi connectivity index (χ3v) is 3.78. The molecular weight excluding hydrogens is 266 g/mol. The Morgan fingerprint density at radius 1 is 1.19 bits per heavy atom. The van der Waals surface area contributed by atoms with Gasteiger partial charge < -0.3 is 19.7 Å². The highest BCUT2D eigenvalue weighted by Crippen LogP contribution is 2.15. The van der Waals surface area contributed by atoms with Gasteiger partial charge in [-0.1, -0.05) is 0 Å². The predicted octanol–water partition coefficient (Wildman–Crippen LogP) is 1.14. The molecule has 2 aliphatic heterocycles. The lowest BCUT2D eigenvalue weighted by Crippen LogP contribution is -2.43. The number of nitrogens with zero attached hydrogens (tertiary/aromatic N) is 2. The standard InChI is InChI=1S/C16H23N3O2/c1(9-19-10-6-17-7-11-19)12-20-15-4-2-14(3-5-15)16-18-8-13-21-16/h2-5,17H,1,6-13H2. The molecule has 1 saturated heterocycles. The number of aliphatic imine (C=N–C) groups is 1. The third kappa shape index (κ3) is 4.19. The van der Waals surface area contributed by atoms with Gasteiger partial charge in [-0.3, -0.25) is 0 Å². The second-order valence-corrected chi connectivity index (χ2v) is 5.35. The Balaban J connectivity index is 1.39. The first-order chi connectivity index (χ1) is 10.4. The molecule has 5 nitrogen and oxygen atoms in total. The molecule has 1 fully saturated rings. The normalized spacial score (nSPS) is 19.1. The maximum atomic E-state index is 5.79. The summed E-state index contributed by atoms with van der Waals surface area (Å²) in [6.07, 6.45) is 1.07. The number of piperazine rings is 1. The van der Waals surface area contributed by atoms with Crippen LogP contribution in [-0.4, -0.2) is 63.3 Å². The summed E-state index contributed by atoms with van der Waals surface area (Å²) in [5.41, 5.74) is 1.03. The molecule has 0 unspecified atom stereocenters. The Hall–Kier alpha value is -1.59. The molecule has 1 N–H and O–H groups in total. The Morgan fingerprint density at radius 2 is 2.00 bits per heavy atom. The van der Waals surface area contributed by atoms with E-state index in [1.807, 2.05) is 24.3 Å². The van der Waals surface area contributed by atoms with E-state index in [9.17, 15) is 0 Å². The Labute approximate surface area is 126 Å². The van der Waals surface area contributed by atoms with Crippen LogP contribution >= 0.6 is 0 Å². The highest BCUT2D eigenvalue weighted by Gasteiger charge is 2.10. The Morgan fingerprint density at radius 3 is 2.71 bits per heavy atom. The molecule has 0 radical (unpaired) electrons. The topological polar surface area (TPSA) is 46.1 Å². The average Bonchev–Trinajstić information content (AvgIpc) is 3.08. The van der Waals surface area contributed by atoms with Crippen LogP contribution in [0.15, 0.2) is 29.3 Å². The van der Waals surface area contributed by atoms with E-state index in [1.54, 1.807) is 0 Å². The predicted molar refractivity (Wildman–Crippen MR) is 83.2 cm³/mol. The second-order valence-electron chi connectivity index (χ2n) is 5.35. The molecule has 0 atom stereocenters. The Kier molecular flexibility index (Phi) is 5.08. The van der Waals surface area contributed by atoms with Crippen molar-refractivity contribution in [1.82, 2.24) is 10.2 Å². The molecule has 0 aromatic heterocycles. The van der Waals surface area contributed by atoms with Crippen LogP contribution in [0.25, 0.3) is 0 Å². The van der Waals surface area contributed by atoms with E-state index < -0.39 is 0 Å². The fourth-order valence-corrected chi connectivity index (χ4v) is 2.62. The molecule has 5 heteroatoms. The molecule has 1 aromatic carbocycles. The summed E-state index contributed by atoms with van der Waals surface area (Å²) in [5, 5.41) is 3.37. The van der Waals surface area contributed by atoms with Gasteiger partial charge in [0.2, 0.25) is 5.90 Å². The van der Waals surface area contributed by atoms with E-state index in [4.69, 9.17) is 9.47 Å². The average molecular weight is 289 g/mol.